The maximum absolute atomic E-state index is 13.6. The van der Waals surface area contributed by atoms with Gasteiger partial charge in [0.25, 0.3) is 0 Å². The molecule has 2 unspecified atom stereocenters. The number of esters is 3. The molecule has 0 rings (SSSR count). The van der Waals surface area contributed by atoms with Gasteiger partial charge in [0, 0.05) is 12.8 Å². The minimum absolute atomic E-state index is 0.0293. The number of phosphoric acid groups is 1. The van der Waals surface area contributed by atoms with E-state index in [2.05, 4.69) is 13.8 Å². The molecule has 11 nitrogen and oxygen atoms in total. The number of likely N-dealkylation sites (N-methyl/N-ethyl adjacent to an activating group) is 1. The first-order chi connectivity index (χ1) is 28.9. The van der Waals surface area contributed by atoms with Crippen molar-refractivity contribution in [1.29, 1.82) is 0 Å². The van der Waals surface area contributed by atoms with Crippen LogP contribution in [0, 0.1) is 0 Å². The third-order valence-electron chi connectivity index (χ3n) is 10.8. The summed E-state index contributed by atoms with van der Waals surface area (Å²) in [7, 11) is 1.59. The number of nitrogens with zero attached hydrogens (tertiary/aromatic N) is 1. The van der Waals surface area contributed by atoms with Gasteiger partial charge in [-0.1, -0.05) is 194 Å². The van der Waals surface area contributed by atoms with E-state index in [0.29, 0.717) is 17.4 Å². The molecule has 0 aliphatic heterocycles. The van der Waals surface area contributed by atoms with Crippen LogP contribution in [0.5, 0.6) is 0 Å². The highest BCUT2D eigenvalue weighted by molar-refractivity contribution is 7.48. The summed E-state index contributed by atoms with van der Waals surface area (Å²) in [5, 5.41) is 0. The van der Waals surface area contributed by atoms with Crippen molar-refractivity contribution < 1.29 is 51.2 Å². The van der Waals surface area contributed by atoms with E-state index in [1.54, 1.807) is 6.92 Å². The summed E-state index contributed by atoms with van der Waals surface area (Å²) in [6, 6.07) is 0. The third kappa shape index (κ3) is 41.8. The van der Waals surface area contributed by atoms with Crippen molar-refractivity contribution in [2.24, 2.45) is 0 Å². The number of rotatable bonds is 46. The van der Waals surface area contributed by atoms with Crippen molar-refractivity contribution in [2.75, 3.05) is 60.7 Å². The lowest BCUT2D eigenvalue weighted by atomic mass is 10.0. The normalized spacial score (nSPS) is 13.2. The van der Waals surface area contributed by atoms with E-state index >= 15 is 0 Å². The number of carbonyl (C=O) groups is 3. The summed E-state index contributed by atoms with van der Waals surface area (Å²) in [6.07, 6.45) is 36.6. The van der Waals surface area contributed by atoms with Gasteiger partial charge in [-0.25, -0.2) is 9.36 Å². The highest BCUT2D eigenvalue weighted by Crippen LogP contribution is 2.49. The Labute approximate surface area is 369 Å². The van der Waals surface area contributed by atoms with Crippen molar-refractivity contribution in [2.45, 2.75) is 232 Å². The average Bonchev–Trinajstić information content (AvgIpc) is 3.20. The van der Waals surface area contributed by atoms with Gasteiger partial charge >= 0.3 is 25.7 Å². The van der Waals surface area contributed by atoms with E-state index < -0.39 is 39.1 Å². The second-order valence-corrected chi connectivity index (χ2v) is 19.5. The molecule has 2 atom stereocenters. The van der Waals surface area contributed by atoms with Crippen LogP contribution in [0.1, 0.15) is 226 Å². The van der Waals surface area contributed by atoms with Gasteiger partial charge in [-0.2, -0.15) is 0 Å². The Kier molecular flexibility index (Phi) is 40.4. The van der Waals surface area contributed by atoms with Crippen LogP contribution in [0.4, 0.5) is 0 Å². The molecule has 0 spiro atoms. The molecule has 0 amide bonds. The Morgan fingerprint density at radius 3 is 1.22 bits per heavy atom. The standard InChI is InChI=1S/C48H95NO10P/c1-7-10-12-14-16-18-20-22-24-26-28-30-32-34-36-38-46(50)55-42-45(43-57-60(53,56-41-40-49(4,5)6)58-44-48(52)54-9-3)59-47(51)39-37-35-33-31-29-27-25-23-21-19-17-15-13-11-8-2/h45H,7-44H2,1-6H3/q+1. The van der Waals surface area contributed by atoms with Crippen LogP contribution < -0.4 is 0 Å². The number of hydrogen-bond acceptors (Lipinski definition) is 10. The maximum Gasteiger partial charge on any atom is 0.475 e. The fourth-order valence-electron chi connectivity index (χ4n) is 6.95. The number of unbranched alkanes of at least 4 members (excludes halogenated alkanes) is 28. The van der Waals surface area contributed by atoms with E-state index in [-0.39, 0.29) is 38.6 Å². The van der Waals surface area contributed by atoms with Gasteiger partial charge in [-0.3, -0.25) is 23.2 Å². The monoisotopic (exact) mass is 877 g/mol. The summed E-state index contributed by atoms with van der Waals surface area (Å²) in [6.45, 7) is 5.55. The Morgan fingerprint density at radius 2 is 0.833 bits per heavy atom. The molecule has 0 saturated heterocycles. The maximum atomic E-state index is 13.6. The Morgan fingerprint density at radius 1 is 0.450 bits per heavy atom. The molecule has 356 valence electrons. The molecule has 0 aromatic rings. The minimum atomic E-state index is -4.27. The predicted molar refractivity (Wildman–Crippen MR) is 245 cm³/mol. The third-order valence-corrected chi connectivity index (χ3v) is 12.2. The zero-order valence-corrected chi connectivity index (χ0v) is 40.8. The van der Waals surface area contributed by atoms with Gasteiger partial charge in [0.2, 0.25) is 0 Å². The fraction of sp³-hybridized carbons (Fsp3) is 0.938. The molecule has 0 saturated carbocycles. The number of hydrogen-bond donors (Lipinski definition) is 0. The highest BCUT2D eigenvalue weighted by atomic mass is 31.2. The molecule has 0 heterocycles. The molecular formula is C48H95NO10P+. The van der Waals surface area contributed by atoms with Gasteiger partial charge in [-0.15, -0.1) is 0 Å². The zero-order valence-electron chi connectivity index (χ0n) is 39.9. The van der Waals surface area contributed by atoms with Gasteiger partial charge in [0.15, 0.2) is 12.7 Å². The first-order valence-corrected chi connectivity index (χ1v) is 26.3. The summed E-state index contributed by atoms with van der Waals surface area (Å²) in [4.78, 5) is 37.7. The quantitative estimate of drug-likeness (QED) is 0.0192. The molecule has 60 heavy (non-hydrogen) atoms. The smallest absolute Gasteiger partial charge is 0.464 e. The van der Waals surface area contributed by atoms with Crippen molar-refractivity contribution in [3.8, 4) is 0 Å². The van der Waals surface area contributed by atoms with E-state index in [0.717, 1.165) is 38.5 Å². The first-order valence-electron chi connectivity index (χ1n) is 24.8. The molecule has 0 bridgehead atoms. The second kappa shape index (κ2) is 41.5. The molecular weight excluding hydrogens is 781 g/mol. The fourth-order valence-corrected chi connectivity index (χ4v) is 8.09. The average molecular weight is 877 g/mol. The predicted octanol–water partition coefficient (Wildman–Crippen LogP) is 13.4. The van der Waals surface area contributed by atoms with Crippen molar-refractivity contribution in [1.82, 2.24) is 0 Å². The summed E-state index contributed by atoms with van der Waals surface area (Å²) in [5.41, 5.74) is 0. The lowest BCUT2D eigenvalue weighted by Crippen LogP contribution is -2.37. The summed E-state index contributed by atoms with van der Waals surface area (Å²) in [5.74, 6) is -1.53. The van der Waals surface area contributed by atoms with Crippen molar-refractivity contribution in [3.63, 3.8) is 0 Å². The van der Waals surface area contributed by atoms with Crippen molar-refractivity contribution >= 4 is 25.7 Å². The SMILES string of the molecule is CCCCCCCCCCCCCCCCCC(=O)OCC(COP(=O)(OCC[N+](C)(C)C)OCC(=O)OCC)OC(=O)CCCCCCCCCCCCCCCCC. The summed E-state index contributed by atoms with van der Waals surface area (Å²) >= 11 is 0. The van der Waals surface area contributed by atoms with E-state index in [9.17, 15) is 18.9 Å². The minimum Gasteiger partial charge on any atom is -0.464 e. The van der Waals surface area contributed by atoms with Crippen LogP contribution in [-0.4, -0.2) is 89.2 Å². The highest BCUT2D eigenvalue weighted by Gasteiger charge is 2.32. The van der Waals surface area contributed by atoms with Crippen LogP contribution in [0.15, 0.2) is 0 Å². The molecule has 0 aromatic heterocycles. The molecule has 12 heteroatoms. The number of ether oxygens (including phenoxy) is 3. The second-order valence-electron chi connectivity index (χ2n) is 17.9. The van der Waals surface area contributed by atoms with Crippen molar-refractivity contribution in [3.05, 3.63) is 0 Å². The number of carbonyl (C=O) groups excluding carboxylic acids is 3. The summed E-state index contributed by atoms with van der Waals surface area (Å²) < 4.78 is 46.8. The van der Waals surface area contributed by atoms with Crippen LogP contribution in [0.25, 0.3) is 0 Å². The molecule has 0 aliphatic carbocycles. The topological polar surface area (TPSA) is 124 Å². The molecule has 0 aliphatic rings. The number of phosphoric ester groups is 1. The Bertz CT molecular complexity index is 1050. The largest absolute Gasteiger partial charge is 0.475 e. The van der Waals surface area contributed by atoms with E-state index in [1.807, 2.05) is 21.1 Å². The van der Waals surface area contributed by atoms with Gasteiger partial charge in [0.1, 0.15) is 19.8 Å². The molecule has 0 radical (unpaired) electrons. The van der Waals surface area contributed by atoms with Crippen LogP contribution in [-0.2, 0) is 46.7 Å². The van der Waals surface area contributed by atoms with Crippen LogP contribution in [0.3, 0.4) is 0 Å². The molecule has 0 aromatic carbocycles. The van der Waals surface area contributed by atoms with Gasteiger partial charge < -0.3 is 18.7 Å². The Balaban J connectivity index is 4.77. The van der Waals surface area contributed by atoms with Gasteiger partial charge in [-0.05, 0) is 19.8 Å². The van der Waals surface area contributed by atoms with E-state index in [4.69, 9.17) is 27.8 Å². The van der Waals surface area contributed by atoms with Crippen LogP contribution in [0.2, 0.25) is 0 Å². The lowest BCUT2D eigenvalue weighted by Gasteiger charge is -2.25. The lowest BCUT2D eigenvalue weighted by molar-refractivity contribution is -0.870. The van der Waals surface area contributed by atoms with Crippen LogP contribution >= 0.6 is 7.82 Å². The number of quaternary nitrogens is 1. The van der Waals surface area contributed by atoms with E-state index in [1.165, 1.54) is 148 Å². The van der Waals surface area contributed by atoms with Gasteiger partial charge in [0.05, 0.1) is 34.4 Å². The zero-order chi connectivity index (χ0) is 44.4. The molecule has 0 N–H and O–H groups in total. The molecule has 0 fully saturated rings. The Hall–Kier alpha value is -1.52. The first kappa shape index (κ1) is 58.5.